The number of carbonyl (C=O) groups excluding carboxylic acids is 4. The second kappa shape index (κ2) is 14.4. The largest absolute Gasteiger partial charge is 0.493 e. The van der Waals surface area contributed by atoms with Crippen LogP contribution in [0.1, 0.15) is 24.0 Å². The fourth-order valence-electron chi connectivity index (χ4n) is 5.95. The number of carbonyl (C=O) groups is 4. The first kappa shape index (κ1) is 32.5. The van der Waals surface area contributed by atoms with Crippen molar-refractivity contribution < 1.29 is 48.8 Å². The van der Waals surface area contributed by atoms with Crippen molar-refractivity contribution >= 4 is 35.0 Å². The normalized spacial score (nSPS) is 18.0. The molecule has 4 N–H and O–H groups in total. The number of rotatable bonds is 14. The van der Waals surface area contributed by atoms with Crippen molar-refractivity contribution in [1.82, 2.24) is 0 Å². The van der Waals surface area contributed by atoms with Crippen LogP contribution < -0.4 is 39.4 Å². The summed E-state index contributed by atoms with van der Waals surface area (Å²) in [6.07, 6.45) is 1.55. The lowest BCUT2D eigenvalue weighted by Crippen LogP contribution is -2.92. The third kappa shape index (κ3) is 6.82. The van der Waals surface area contributed by atoms with Crippen molar-refractivity contribution in [3.8, 4) is 23.0 Å². The molecule has 0 spiro atoms. The van der Waals surface area contributed by atoms with Crippen molar-refractivity contribution in [3.63, 3.8) is 0 Å². The minimum atomic E-state index is -0.524. The van der Waals surface area contributed by atoms with Gasteiger partial charge in [0.25, 0.3) is 11.8 Å². The van der Waals surface area contributed by atoms with E-state index in [0.29, 0.717) is 60.3 Å². The summed E-state index contributed by atoms with van der Waals surface area (Å²) < 4.78 is 21.3. The number of hydrogen-bond donors (Lipinski definition) is 2. The summed E-state index contributed by atoms with van der Waals surface area (Å²) in [6.45, 7) is 1.22. The van der Waals surface area contributed by atoms with Crippen LogP contribution in [0.4, 0.5) is 11.4 Å². The molecule has 0 unspecified atom stereocenters. The molecule has 46 heavy (non-hydrogen) atoms. The topological polar surface area (TPSA) is 145 Å². The molecule has 0 saturated carbocycles. The first-order chi connectivity index (χ1) is 22.3. The van der Waals surface area contributed by atoms with E-state index in [1.807, 2.05) is 47.0 Å². The summed E-state index contributed by atoms with van der Waals surface area (Å²) in [5, 5.41) is 3.77. The third-order valence-corrected chi connectivity index (χ3v) is 8.39. The Balaban J connectivity index is 1.15. The van der Waals surface area contributed by atoms with E-state index in [2.05, 4.69) is 0 Å². The highest BCUT2D eigenvalue weighted by molar-refractivity contribution is 6.23. The first-order valence-corrected chi connectivity index (χ1v) is 15.2. The Labute approximate surface area is 267 Å². The number of amides is 4. The highest BCUT2D eigenvalue weighted by atomic mass is 16.5. The van der Waals surface area contributed by atoms with Gasteiger partial charge in [-0.05, 0) is 59.7 Å². The molecule has 2 fully saturated rings. The Hall–Kier alpha value is -4.94. The van der Waals surface area contributed by atoms with Gasteiger partial charge < -0.3 is 29.6 Å². The summed E-state index contributed by atoms with van der Waals surface area (Å²) in [6, 6.07) is 16.7. The number of nitrogens with two attached hydrogens (primary N) is 2. The summed E-state index contributed by atoms with van der Waals surface area (Å²) in [4.78, 5) is 54.5. The Morgan fingerprint density at radius 3 is 1.28 bits per heavy atom. The van der Waals surface area contributed by atoms with Crippen LogP contribution in [0.25, 0.3) is 0 Å². The zero-order chi connectivity index (χ0) is 32.8. The highest BCUT2D eigenvalue weighted by Gasteiger charge is 2.44. The van der Waals surface area contributed by atoms with E-state index in [0.717, 1.165) is 11.1 Å². The number of methoxy groups -OCH3 is 4. The third-order valence-electron chi connectivity index (χ3n) is 8.39. The lowest BCUT2D eigenvalue weighted by Gasteiger charge is -2.18. The lowest BCUT2D eigenvalue weighted by atomic mass is 10.1. The number of anilines is 2. The van der Waals surface area contributed by atoms with Gasteiger partial charge in [-0.2, -0.15) is 0 Å². The molecule has 2 saturated heterocycles. The number of ether oxygens (including phenoxy) is 4. The van der Waals surface area contributed by atoms with Crippen LogP contribution >= 0.6 is 0 Å². The highest BCUT2D eigenvalue weighted by Crippen LogP contribution is 2.30. The number of quaternary nitrogens is 2. The van der Waals surface area contributed by atoms with Gasteiger partial charge in [-0.25, -0.2) is 9.80 Å². The zero-order valence-electron chi connectivity index (χ0n) is 26.5. The molecule has 2 aliphatic heterocycles. The Kier molecular flexibility index (Phi) is 10.2. The average molecular weight is 633 g/mol. The molecular weight excluding hydrogens is 592 g/mol. The second-order valence-corrected chi connectivity index (χ2v) is 11.2. The SMILES string of the molecule is COc1ccc(CC[NH2+][C@H]2CC(=O)N(c3ccc(N4C(=O)C[C@H]([NH2+]CCc5ccc(OC)c(OC)c5)C4=O)cc3)C2=O)cc1OC. The maximum atomic E-state index is 13.2. The predicted molar refractivity (Wildman–Crippen MR) is 168 cm³/mol. The Morgan fingerprint density at radius 2 is 0.935 bits per heavy atom. The van der Waals surface area contributed by atoms with Gasteiger partial charge in [0.05, 0.1) is 65.7 Å². The van der Waals surface area contributed by atoms with Gasteiger partial charge in [-0.1, -0.05) is 12.1 Å². The van der Waals surface area contributed by atoms with E-state index < -0.39 is 12.1 Å². The van der Waals surface area contributed by atoms with Crippen LogP contribution in [-0.2, 0) is 32.0 Å². The monoisotopic (exact) mass is 632 g/mol. The van der Waals surface area contributed by atoms with E-state index in [9.17, 15) is 19.2 Å². The van der Waals surface area contributed by atoms with E-state index >= 15 is 0 Å². The Bertz CT molecular complexity index is 1490. The average Bonchev–Trinajstić information content (AvgIpc) is 3.52. The fraction of sp³-hybridized carbons (Fsp3) is 0.353. The van der Waals surface area contributed by atoms with Gasteiger partial charge in [-0.15, -0.1) is 0 Å². The summed E-state index contributed by atoms with van der Waals surface area (Å²) >= 11 is 0. The van der Waals surface area contributed by atoms with E-state index in [4.69, 9.17) is 18.9 Å². The van der Waals surface area contributed by atoms with Gasteiger partial charge in [0.2, 0.25) is 11.8 Å². The molecule has 0 aromatic heterocycles. The minimum Gasteiger partial charge on any atom is -0.493 e. The van der Waals surface area contributed by atoms with Gasteiger partial charge in [0.1, 0.15) is 0 Å². The summed E-state index contributed by atoms with van der Waals surface area (Å²) in [5.41, 5.74) is 2.88. The van der Waals surface area contributed by atoms with Crippen LogP contribution in [0, 0.1) is 0 Å². The zero-order valence-corrected chi connectivity index (χ0v) is 26.5. The van der Waals surface area contributed by atoms with Crippen molar-refractivity contribution in [2.24, 2.45) is 0 Å². The molecular formula is C34H40N4O8+2. The molecule has 0 bridgehead atoms. The molecule has 3 aromatic rings. The molecule has 242 valence electrons. The van der Waals surface area contributed by atoms with Gasteiger partial charge in [0, 0.05) is 12.8 Å². The van der Waals surface area contributed by atoms with E-state index in [1.54, 1.807) is 52.7 Å². The van der Waals surface area contributed by atoms with Gasteiger partial charge in [-0.3, -0.25) is 19.2 Å². The number of benzene rings is 3. The van der Waals surface area contributed by atoms with Crippen LogP contribution in [0.3, 0.4) is 0 Å². The van der Waals surface area contributed by atoms with Crippen molar-refractivity contribution in [2.75, 3.05) is 51.3 Å². The van der Waals surface area contributed by atoms with Crippen LogP contribution in [0.15, 0.2) is 60.7 Å². The maximum absolute atomic E-state index is 13.2. The molecule has 5 rings (SSSR count). The van der Waals surface area contributed by atoms with Crippen LogP contribution in [0.5, 0.6) is 23.0 Å². The lowest BCUT2D eigenvalue weighted by molar-refractivity contribution is -0.674. The van der Waals surface area contributed by atoms with Crippen molar-refractivity contribution in [1.29, 1.82) is 0 Å². The number of imide groups is 2. The molecule has 12 heteroatoms. The number of nitrogens with zero attached hydrogens (tertiary/aromatic N) is 2. The molecule has 3 aromatic carbocycles. The molecule has 2 aliphatic rings. The molecule has 0 radical (unpaired) electrons. The molecule has 2 heterocycles. The minimum absolute atomic E-state index is 0.0937. The smallest absolute Gasteiger partial charge is 0.292 e. The molecule has 12 nitrogen and oxygen atoms in total. The van der Waals surface area contributed by atoms with E-state index in [-0.39, 0.29) is 36.5 Å². The molecule has 0 aliphatic carbocycles. The molecule has 2 atom stereocenters. The molecule has 4 amide bonds. The predicted octanol–water partition coefficient (Wildman–Crippen LogP) is 0.597. The van der Waals surface area contributed by atoms with Crippen molar-refractivity contribution in [3.05, 3.63) is 71.8 Å². The fourth-order valence-corrected chi connectivity index (χ4v) is 5.95. The Morgan fingerprint density at radius 1 is 0.565 bits per heavy atom. The van der Waals surface area contributed by atoms with Gasteiger partial charge in [0.15, 0.2) is 35.1 Å². The maximum Gasteiger partial charge on any atom is 0.292 e. The van der Waals surface area contributed by atoms with Crippen LogP contribution in [0.2, 0.25) is 0 Å². The quantitative estimate of drug-likeness (QED) is 0.246. The van der Waals surface area contributed by atoms with E-state index in [1.165, 1.54) is 9.80 Å². The second-order valence-electron chi connectivity index (χ2n) is 11.2. The summed E-state index contributed by atoms with van der Waals surface area (Å²) in [5.74, 6) is 1.41. The van der Waals surface area contributed by atoms with Crippen molar-refractivity contribution in [2.45, 2.75) is 37.8 Å². The van der Waals surface area contributed by atoms with Crippen LogP contribution in [-0.4, -0.2) is 77.2 Å². The number of hydrogen-bond acceptors (Lipinski definition) is 8. The summed E-state index contributed by atoms with van der Waals surface area (Å²) in [7, 11) is 6.33. The standard InChI is InChI=1S/C34H38N4O8/c1-43-27-11-5-21(17-29(27)45-3)13-15-35-25-19-31(39)37(33(25)41)23-7-9-24(10-8-23)38-32(40)20-26(34(38)42)36-16-14-22-6-12-28(44-2)30(18-22)46-4/h5-12,17-18,25-26,35-36H,13-16,19-20H2,1-4H3/p+2/t25-,26-/m0/s1. The first-order valence-electron chi connectivity index (χ1n) is 15.2. The van der Waals surface area contributed by atoms with Gasteiger partial charge >= 0.3 is 0 Å².